The lowest BCUT2D eigenvalue weighted by Gasteiger charge is -2.19. The lowest BCUT2D eigenvalue weighted by molar-refractivity contribution is -0.137. The van der Waals surface area contributed by atoms with Gasteiger partial charge in [0.25, 0.3) is 0 Å². The molecule has 0 aliphatic carbocycles. The van der Waals surface area contributed by atoms with Gasteiger partial charge in [-0.2, -0.15) is 0 Å². The molecule has 0 unspecified atom stereocenters. The number of hydrogen-bond acceptors (Lipinski definition) is 2. The highest BCUT2D eigenvalue weighted by Crippen LogP contribution is 2.25. The Bertz CT molecular complexity index is 480. The number of urea groups is 1. The molecule has 1 aromatic carbocycles. The number of carboxylic acids is 1. The van der Waals surface area contributed by atoms with Crippen molar-refractivity contribution >= 4 is 33.6 Å². The van der Waals surface area contributed by atoms with Gasteiger partial charge >= 0.3 is 12.0 Å². The van der Waals surface area contributed by atoms with Gasteiger partial charge in [0.1, 0.15) is 6.54 Å². The number of halogens is 1. The van der Waals surface area contributed by atoms with E-state index in [1.54, 1.807) is 6.92 Å². The molecule has 0 saturated carbocycles. The minimum absolute atomic E-state index is 0.309. The highest BCUT2D eigenvalue weighted by Gasteiger charge is 2.15. The summed E-state index contributed by atoms with van der Waals surface area (Å²) in [4.78, 5) is 23.8. The van der Waals surface area contributed by atoms with E-state index in [1.165, 1.54) is 4.90 Å². The van der Waals surface area contributed by atoms with E-state index < -0.39 is 12.0 Å². The number of benzene rings is 1. The summed E-state index contributed by atoms with van der Waals surface area (Å²) in [7, 11) is 0. The van der Waals surface area contributed by atoms with Crippen molar-refractivity contribution in [2.75, 3.05) is 18.4 Å². The zero-order valence-electron chi connectivity index (χ0n) is 11.2. The van der Waals surface area contributed by atoms with Crippen molar-refractivity contribution in [3.8, 4) is 0 Å². The van der Waals surface area contributed by atoms with Crippen LogP contribution >= 0.6 is 15.9 Å². The molecule has 6 heteroatoms. The summed E-state index contributed by atoms with van der Waals surface area (Å²) in [5.41, 5.74) is 2.68. The Kier molecular flexibility index (Phi) is 5.35. The number of carbonyl (C=O) groups is 2. The van der Waals surface area contributed by atoms with Gasteiger partial charge in [-0.25, -0.2) is 4.79 Å². The molecular formula is C13H17BrN2O3. The largest absolute Gasteiger partial charge is 0.480 e. The van der Waals surface area contributed by atoms with E-state index >= 15 is 0 Å². The summed E-state index contributed by atoms with van der Waals surface area (Å²) < 4.78 is 1.00. The molecule has 104 valence electrons. The molecule has 2 N–H and O–H groups in total. The zero-order valence-corrected chi connectivity index (χ0v) is 12.7. The molecule has 1 rings (SSSR count). The van der Waals surface area contributed by atoms with Gasteiger partial charge in [0.2, 0.25) is 0 Å². The fourth-order valence-corrected chi connectivity index (χ4v) is 1.94. The molecule has 0 aliphatic heterocycles. The van der Waals surface area contributed by atoms with Crippen molar-refractivity contribution in [1.29, 1.82) is 0 Å². The second-order valence-electron chi connectivity index (χ2n) is 4.26. The number of aliphatic carboxylic acids is 1. The highest BCUT2D eigenvalue weighted by molar-refractivity contribution is 9.10. The van der Waals surface area contributed by atoms with Crippen LogP contribution in [0.15, 0.2) is 16.6 Å². The highest BCUT2D eigenvalue weighted by atomic mass is 79.9. The predicted octanol–water partition coefficient (Wildman–Crippen LogP) is 3.00. The van der Waals surface area contributed by atoms with Crippen molar-refractivity contribution in [1.82, 2.24) is 4.90 Å². The van der Waals surface area contributed by atoms with Crippen molar-refractivity contribution in [3.05, 3.63) is 27.7 Å². The summed E-state index contributed by atoms with van der Waals surface area (Å²) in [5, 5.41) is 11.4. The SMILES string of the molecule is CCN(CC(=O)O)C(=O)Nc1cc(C)c(Br)c(C)c1. The number of rotatable bonds is 4. The first-order valence-electron chi connectivity index (χ1n) is 5.89. The minimum Gasteiger partial charge on any atom is -0.480 e. The molecule has 0 atom stereocenters. The average molecular weight is 329 g/mol. The van der Waals surface area contributed by atoms with Gasteiger partial charge in [-0.05, 0) is 44.0 Å². The zero-order chi connectivity index (χ0) is 14.6. The van der Waals surface area contributed by atoms with Crippen LogP contribution < -0.4 is 5.32 Å². The molecule has 19 heavy (non-hydrogen) atoms. The molecule has 0 heterocycles. The van der Waals surface area contributed by atoms with E-state index in [0.29, 0.717) is 12.2 Å². The van der Waals surface area contributed by atoms with E-state index in [-0.39, 0.29) is 6.54 Å². The normalized spacial score (nSPS) is 10.1. The summed E-state index contributed by atoms with van der Waals surface area (Å²) in [5.74, 6) is -1.03. The Hall–Kier alpha value is -1.56. The van der Waals surface area contributed by atoms with Crippen LogP contribution in [0.2, 0.25) is 0 Å². The van der Waals surface area contributed by atoms with Gasteiger partial charge in [0.15, 0.2) is 0 Å². The van der Waals surface area contributed by atoms with Crippen LogP contribution in [0.4, 0.5) is 10.5 Å². The summed E-state index contributed by atoms with van der Waals surface area (Å²) in [6.45, 7) is 5.63. The number of carbonyl (C=O) groups excluding carboxylic acids is 1. The molecule has 0 bridgehead atoms. The number of nitrogens with one attached hydrogen (secondary N) is 1. The van der Waals surface area contributed by atoms with Crippen LogP contribution in [0, 0.1) is 13.8 Å². The first-order chi connectivity index (χ1) is 8.85. The van der Waals surface area contributed by atoms with Crippen molar-refractivity contribution in [2.45, 2.75) is 20.8 Å². The third-order valence-electron chi connectivity index (χ3n) is 2.68. The van der Waals surface area contributed by atoms with E-state index in [9.17, 15) is 9.59 Å². The van der Waals surface area contributed by atoms with Crippen LogP contribution in [-0.2, 0) is 4.79 Å². The Morgan fingerprint density at radius 3 is 2.26 bits per heavy atom. The number of nitrogens with zero attached hydrogens (tertiary/aromatic N) is 1. The lowest BCUT2D eigenvalue weighted by atomic mass is 10.1. The Balaban J connectivity index is 2.84. The topological polar surface area (TPSA) is 69.6 Å². The van der Waals surface area contributed by atoms with Gasteiger partial charge < -0.3 is 15.3 Å². The van der Waals surface area contributed by atoms with Crippen LogP contribution in [0.1, 0.15) is 18.1 Å². The molecule has 0 spiro atoms. The van der Waals surface area contributed by atoms with Crippen LogP contribution in [0.5, 0.6) is 0 Å². The van der Waals surface area contributed by atoms with Crippen molar-refractivity contribution in [3.63, 3.8) is 0 Å². The molecule has 0 aromatic heterocycles. The monoisotopic (exact) mass is 328 g/mol. The van der Waals surface area contributed by atoms with Gasteiger partial charge in [-0.1, -0.05) is 15.9 Å². The number of amides is 2. The number of aryl methyl sites for hydroxylation is 2. The quantitative estimate of drug-likeness (QED) is 0.892. The Labute approximate surface area is 120 Å². The van der Waals surface area contributed by atoms with Gasteiger partial charge in [0, 0.05) is 16.7 Å². The Morgan fingerprint density at radius 1 is 1.32 bits per heavy atom. The minimum atomic E-state index is -1.03. The number of likely N-dealkylation sites (N-methyl/N-ethyl adjacent to an activating group) is 1. The summed E-state index contributed by atoms with van der Waals surface area (Å²) >= 11 is 3.45. The maximum absolute atomic E-state index is 11.9. The van der Waals surface area contributed by atoms with E-state index in [4.69, 9.17) is 5.11 Å². The molecule has 1 aromatic rings. The Morgan fingerprint density at radius 2 is 1.84 bits per heavy atom. The number of anilines is 1. The fourth-order valence-electron chi connectivity index (χ4n) is 1.71. The van der Waals surface area contributed by atoms with Gasteiger partial charge in [0.05, 0.1) is 0 Å². The second kappa shape index (κ2) is 6.56. The molecule has 0 fully saturated rings. The van der Waals surface area contributed by atoms with Gasteiger partial charge in [-0.15, -0.1) is 0 Å². The van der Waals surface area contributed by atoms with Crippen LogP contribution in [0.25, 0.3) is 0 Å². The molecule has 5 nitrogen and oxygen atoms in total. The first-order valence-corrected chi connectivity index (χ1v) is 6.69. The van der Waals surface area contributed by atoms with Gasteiger partial charge in [-0.3, -0.25) is 4.79 Å². The molecule has 0 radical (unpaired) electrons. The molecule has 0 saturated heterocycles. The predicted molar refractivity (Wildman–Crippen MR) is 77.5 cm³/mol. The maximum atomic E-state index is 11.9. The number of hydrogen-bond donors (Lipinski definition) is 2. The van der Waals surface area contributed by atoms with Crippen LogP contribution in [-0.4, -0.2) is 35.1 Å². The lowest BCUT2D eigenvalue weighted by Crippen LogP contribution is -2.38. The molecule has 0 aliphatic rings. The van der Waals surface area contributed by atoms with E-state index in [0.717, 1.165) is 15.6 Å². The maximum Gasteiger partial charge on any atom is 0.323 e. The van der Waals surface area contributed by atoms with E-state index in [2.05, 4.69) is 21.2 Å². The third-order valence-corrected chi connectivity index (χ3v) is 3.93. The smallest absolute Gasteiger partial charge is 0.323 e. The standard InChI is InChI=1S/C13H17BrN2O3/c1-4-16(7-11(17)18)13(19)15-10-5-8(2)12(14)9(3)6-10/h5-6H,4,7H2,1-3H3,(H,15,19)(H,17,18). The summed E-state index contributed by atoms with van der Waals surface area (Å²) in [6, 6.07) is 3.26. The second-order valence-corrected chi connectivity index (χ2v) is 5.06. The van der Waals surface area contributed by atoms with Crippen LogP contribution in [0.3, 0.4) is 0 Å². The van der Waals surface area contributed by atoms with E-state index in [1.807, 2.05) is 26.0 Å². The fraction of sp³-hybridized carbons (Fsp3) is 0.385. The first kappa shape index (κ1) is 15.5. The molecular weight excluding hydrogens is 312 g/mol. The average Bonchev–Trinajstić information content (AvgIpc) is 2.32. The molecule has 2 amide bonds. The number of carboxylic acid groups (broad SMARTS) is 1. The van der Waals surface area contributed by atoms with Crippen molar-refractivity contribution < 1.29 is 14.7 Å². The summed E-state index contributed by atoms with van der Waals surface area (Å²) in [6.07, 6.45) is 0. The van der Waals surface area contributed by atoms with Crippen molar-refractivity contribution in [2.24, 2.45) is 0 Å². The third kappa shape index (κ3) is 4.24.